The lowest BCUT2D eigenvalue weighted by Gasteiger charge is -2.26. The van der Waals surface area contributed by atoms with Gasteiger partial charge >= 0.3 is 0 Å². The van der Waals surface area contributed by atoms with Crippen LogP contribution in [0.2, 0.25) is 0 Å². The summed E-state index contributed by atoms with van der Waals surface area (Å²) in [4.78, 5) is 28.3. The highest BCUT2D eigenvalue weighted by atomic mass is 16.6. The molecule has 1 unspecified atom stereocenters. The van der Waals surface area contributed by atoms with Crippen LogP contribution in [0.25, 0.3) is 5.76 Å². The number of carbonyl (C=O) groups excluding carboxylic acids is 2. The highest BCUT2D eigenvalue weighted by molar-refractivity contribution is 6.46. The van der Waals surface area contributed by atoms with E-state index in [1.165, 1.54) is 0 Å². The molecule has 2 heterocycles. The third-order valence-corrected chi connectivity index (χ3v) is 7.05. The Labute approximate surface area is 228 Å². The van der Waals surface area contributed by atoms with E-state index in [4.69, 9.17) is 14.2 Å². The first kappa shape index (κ1) is 26.4. The van der Waals surface area contributed by atoms with Gasteiger partial charge in [0.25, 0.3) is 11.7 Å². The Balaban J connectivity index is 1.49. The highest BCUT2D eigenvalue weighted by Crippen LogP contribution is 2.41. The minimum absolute atomic E-state index is 0.0568. The fraction of sp³-hybridized carbons (Fsp3) is 0.312. The largest absolute Gasteiger partial charge is 0.507 e. The number of fused-ring (bicyclic) bond motifs is 1. The maximum atomic E-state index is 13.4. The second-order valence-electron chi connectivity index (χ2n) is 9.71. The maximum Gasteiger partial charge on any atom is 0.295 e. The summed E-state index contributed by atoms with van der Waals surface area (Å²) in [5.41, 5.74) is 2.23. The van der Waals surface area contributed by atoms with Gasteiger partial charge in [-0.25, -0.2) is 0 Å². The van der Waals surface area contributed by atoms with Gasteiger partial charge in [-0.3, -0.25) is 9.59 Å². The SMILES string of the molecule is CCCCCOc1ccc(C2C(=C(O)c3ccc4c(c3)OCCO4)C(=O)C(=O)N2CCc2ccccc2)cc1. The number of benzene rings is 3. The van der Waals surface area contributed by atoms with Gasteiger partial charge in [-0.2, -0.15) is 0 Å². The summed E-state index contributed by atoms with van der Waals surface area (Å²) in [5, 5.41) is 11.4. The molecule has 7 nitrogen and oxygen atoms in total. The van der Waals surface area contributed by atoms with Crippen LogP contribution in [0.4, 0.5) is 0 Å². The van der Waals surface area contributed by atoms with E-state index < -0.39 is 17.7 Å². The number of amides is 1. The number of rotatable bonds is 10. The summed E-state index contributed by atoms with van der Waals surface area (Å²) in [6.07, 6.45) is 3.78. The van der Waals surface area contributed by atoms with Crippen molar-refractivity contribution in [3.8, 4) is 17.2 Å². The van der Waals surface area contributed by atoms with Gasteiger partial charge in [-0.1, -0.05) is 62.2 Å². The van der Waals surface area contributed by atoms with Crippen molar-refractivity contribution < 1.29 is 28.9 Å². The van der Waals surface area contributed by atoms with Crippen molar-refractivity contribution in [2.45, 2.75) is 38.6 Å². The quantitative estimate of drug-likeness (QED) is 0.158. The highest BCUT2D eigenvalue weighted by Gasteiger charge is 2.46. The number of unbranched alkanes of at least 4 members (excludes halogenated alkanes) is 2. The zero-order valence-electron chi connectivity index (χ0n) is 22.1. The van der Waals surface area contributed by atoms with Crippen molar-refractivity contribution in [2.75, 3.05) is 26.4 Å². The summed E-state index contributed by atoms with van der Waals surface area (Å²) in [6, 6.07) is 21.5. The third-order valence-electron chi connectivity index (χ3n) is 7.05. The van der Waals surface area contributed by atoms with Gasteiger partial charge in [0.05, 0.1) is 18.2 Å². The fourth-order valence-corrected chi connectivity index (χ4v) is 4.99. The van der Waals surface area contributed by atoms with Crippen LogP contribution in [0.15, 0.2) is 78.4 Å². The topological polar surface area (TPSA) is 85.3 Å². The number of hydrogen-bond acceptors (Lipinski definition) is 6. The summed E-state index contributed by atoms with van der Waals surface area (Å²) in [7, 11) is 0. The molecular formula is C32H33NO6. The molecule has 39 heavy (non-hydrogen) atoms. The molecule has 1 atom stereocenters. The average molecular weight is 528 g/mol. The number of likely N-dealkylation sites (tertiary alicyclic amines) is 1. The molecule has 0 spiro atoms. The molecule has 2 aliphatic heterocycles. The van der Waals surface area contributed by atoms with Crippen molar-refractivity contribution >= 4 is 17.4 Å². The second kappa shape index (κ2) is 12.1. The Morgan fingerprint density at radius 3 is 2.44 bits per heavy atom. The van der Waals surface area contributed by atoms with Crippen LogP contribution in [0.5, 0.6) is 17.2 Å². The standard InChI is InChI=1S/C32H33NO6/c1-2-3-7-18-37-25-13-10-23(11-14-25)29-28(30(34)24-12-15-26-27(21-24)39-20-19-38-26)31(35)32(36)33(29)17-16-22-8-5-4-6-9-22/h4-6,8-15,21,29,34H,2-3,7,16-20H2,1H3. The number of ketones is 1. The van der Waals surface area contributed by atoms with Crippen LogP contribution >= 0.6 is 0 Å². The first-order valence-electron chi connectivity index (χ1n) is 13.5. The summed E-state index contributed by atoms with van der Waals surface area (Å²) in [6.45, 7) is 3.95. The number of carbonyl (C=O) groups is 2. The van der Waals surface area contributed by atoms with E-state index >= 15 is 0 Å². The molecule has 0 aromatic heterocycles. The number of aliphatic hydroxyl groups excluding tert-OH is 1. The minimum atomic E-state index is -0.740. The predicted molar refractivity (Wildman–Crippen MR) is 148 cm³/mol. The van der Waals surface area contributed by atoms with Crippen molar-refractivity contribution in [3.05, 3.63) is 95.1 Å². The lowest BCUT2D eigenvalue weighted by molar-refractivity contribution is -0.139. The van der Waals surface area contributed by atoms with E-state index in [-0.39, 0.29) is 11.3 Å². The van der Waals surface area contributed by atoms with E-state index in [2.05, 4.69) is 6.92 Å². The predicted octanol–water partition coefficient (Wildman–Crippen LogP) is 5.69. The van der Waals surface area contributed by atoms with Crippen LogP contribution < -0.4 is 14.2 Å². The number of Topliss-reactive ketones (excluding diaryl/α,β-unsaturated/α-hetero) is 1. The minimum Gasteiger partial charge on any atom is -0.507 e. The molecule has 1 amide bonds. The Kier molecular flexibility index (Phi) is 8.16. The number of aliphatic hydroxyl groups is 1. The van der Waals surface area contributed by atoms with Crippen LogP contribution in [0.1, 0.15) is 48.9 Å². The zero-order valence-corrected chi connectivity index (χ0v) is 22.1. The van der Waals surface area contributed by atoms with E-state index in [0.717, 1.165) is 36.1 Å². The van der Waals surface area contributed by atoms with Crippen molar-refractivity contribution in [1.82, 2.24) is 4.90 Å². The van der Waals surface area contributed by atoms with Crippen LogP contribution in [0.3, 0.4) is 0 Å². The van der Waals surface area contributed by atoms with Crippen LogP contribution in [-0.2, 0) is 16.0 Å². The van der Waals surface area contributed by atoms with Crippen LogP contribution in [-0.4, -0.2) is 48.1 Å². The molecule has 1 saturated heterocycles. The summed E-state index contributed by atoms with van der Waals surface area (Å²) in [5.74, 6) is 0.215. The molecule has 1 N–H and O–H groups in total. The van der Waals surface area contributed by atoms with E-state index in [1.807, 2.05) is 54.6 Å². The average Bonchev–Trinajstić information content (AvgIpc) is 3.23. The van der Waals surface area contributed by atoms with Crippen molar-refractivity contribution in [2.24, 2.45) is 0 Å². The number of ether oxygens (including phenoxy) is 3. The molecule has 5 rings (SSSR count). The monoisotopic (exact) mass is 527 g/mol. The van der Waals surface area contributed by atoms with Gasteiger partial charge in [0, 0.05) is 12.1 Å². The number of nitrogens with zero attached hydrogens (tertiary/aromatic N) is 1. The van der Waals surface area contributed by atoms with Gasteiger partial charge in [0.2, 0.25) is 0 Å². The second-order valence-corrected chi connectivity index (χ2v) is 9.71. The zero-order chi connectivity index (χ0) is 27.2. The summed E-state index contributed by atoms with van der Waals surface area (Å²) < 4.78 is 17.1. The molecule has 7 heteroatoms. The Hall–Kier alpha value is -4.26. The molecular weight excluding hydrogens is 494 g/mol. The van der Waals surface area contributed by atoms with Gasteiger partial charge in [0.15, 0.2) is 11.5 Å². The van der Waals surface area contributed by atoms with Gasteiger partial charge in [-0.05, 0) is 54.3 Å². The van der Waals surface area contributed by atoms with Crippen molar-refractivity contribution in [1.29, 1.82) is 0 Å². The smallest absolute Gasteiger partial charge is 0.295 e. The molecule has 202 valence electrons. The molecule has 0 bridgehead atoms. The Morgan fingerprint density at radius 2 is 1.69 bits per heavy atom. The van der Waals surface area contributed by atoms with E-state index in [0.29, 0.717) is 49.8 Å². The summed E-state index contributed by atoms with van der Waals surface area (Å²) >= 11 is 0. The lowest BCUT2D eigenvalue weighted by atomic mass is 9.95. The molecule has 2 aliphatic rings. The van der Waals surface area contributed by atoms with Gasteiger partial charge in [-0.15, -0.1) is 0 Å². The normalized spacial score (nSPS) is 17.9. The third kappa shape index (κ3) is 5.77. The molecule has 3 aromatic rings. The Morgan fingerprint density at radius 1 is 0.949 bits per heavy atom. The molecule has 0 aliphatic carbocycles. The maximum absolute atomic E-state index is 13.4. The lowest BCUT2D eigenvalue weighted by Crippen LogP contribution is -2.31. The Bertz CT molecular complexity index is 1350. The van der Waals surface area contributed by atoms with E-state index in [9.17, 15) is 14.7 Å². The molecule has 0 saturated carbocycles. The molecule has 0 radical (unpaired) electrons. The first-order chi connectivity index (χ1) is 19.1. The fourth-order valence-electron chi connectivity index (χ4n) is 4.99. The van der Waals surface area contributed by atoms with Gasteiger partial charge < -0.3 is 24.2 Å². The molecule has 1 fully saturated rings. The first-order valence-corrected chi connectivity index (χ1v) is 13.5. The molecule has 3 aromatic carbocycles. The van der Waals surface area contributed by atoms with Gasteiger partial charge in [0.1, 0.15) is 24.7 Å². The van der Waals surface area contributed by atoms with Crippen molar-refractivity contribution in [3.63, 3.8) is 0 Å². The van der Waals surface area contributed by atoms with Crippen LogP contribution in [0, 0.1) is 0 Å². The number of hydrogen-bond donors (Lipinski definition) is 1. The van der Waals surface area contributed by atoms with E-state index in [1.54, 1.807) is 23.1 Å².